The topological polar surface area (TPSA) is 32.3 Å². The Morgan fingerprint density at radius 1 is 1.36 bits per heavy atom. The van der Waals surface area contributed by atoms with Crippen molar-refractivity contribution in [3.63, 3.8) is 0 Å². The highest BCUT2D eigenvalue weighted by atomic mass is 32.1. The molecule has 1 aliphatic heterocycles. The van der Waals surface area contributed by atoms with E-state index in [9.17, 15) is 4.79 Å². The van der Waals surface area contributed by atoms with E-state index >= 15 is 0 Å². The van der Waals surface area contributed by atoms with Gasteiger partial charge in [0.2, 0.25) is 5.91 Å². The first-order valence-electron chi connectivity index (χ1n) is 8.72. The number of thiophene rings is 1. The number of likely N-dealkylation sites (tertiary alicyclic amines) is 1. The van der Waals surface area contributed by atoms with Crippen LogP contribution in [0.2, 0.25) is 0 Å². The fraction of sp³-hybridized carbons (Fsp3) is 0.722. The van der Waals surface area contributed by atoms with Crippen molar-refractivity contribution in [1.29, 1.82) is 0 Å². The molecule has 4 heteroatoms. The zero-order valence-electron chi connectivity index (χ0n) is 13.6. The summed E-state index contributed by atoms with van der Waals surface area (Å²) in [7, 11) is 0. The summed E-state index contributed by atoms with van der Waals surface area (Å²) in [5.74, 6) is 2.33. The van der Waals surface area contributed by atoms with Crippen molar-refractivity contribution < 1.29 is 4.79 Å². The second-order valence-electron chi connectivity index (χ2n) is 7.12. The molecule has 2 aliphatic rings. The van der Waals surface area contributed by atoms with Crippen molar-refractivity contribution in [1.82, 2.24) is 10.2 Å². The SMILES string of the molecule is CC(CC(=O)NCC1CCN(Cc2cccs2)CC1)C1CC1. The summed E-state index contributed by atoms with van der Waals surface area (Å²) >= 11 is 1.85. The molecule has 1 N–H and O–H groups in total. The van der Waals surface area contributed by atoms with Crippen LogP contribution in [0.1, 0.15) is 43.9 Å². The molecule has 1 aromatic rings. The predicted octanol–water partition coefficient (Wildman–Crippen LogP) is 3.51. The lowest BCUT2D eigenvalue weighted by atomic mass is 9.96. The van der Waals surface area contributed by atoms with E-state index in [1.807, 2.05) is 11.3 Å². The van der Waals surface area contributed by atoms with Gasteiger partial charge in [-0.2, -0.15) is 0 Å². The number of nitrogens with one attached hydrogen (secondary N) is 1. The second kappa shape index (κ2) is 7.60. The lowest BCUT2D eigenvalue weighted by Gasteiger charge is -2.31. The van der Waals surface area contributed by atoms with Crippen LogP contribution in [0.15, 0.2) is 17.5 Å². The molecule has 0 spiro atoms. The van der Waals surface area contributed by atoms with Crippen molar-refractivity contribution in [2.45, 2.75) is 45.6 Å². The molecule has 1 saturated carbocycles. The van der Waals surface area contributed by atoms with Crippen molar-refractivity contribution in [3.8, 4) is 0 Å². The molecular weight excluding hydrogens is 292 g/mol. The van der Waals surface area contributed by atoms with Crippen LogP contribution in [-0.2, 0) is 11.3 Å². The number of rotatable bonds is 7. The van der Waals surface area contributed by atoms with E-state index in [0.29, 0.717) is 11.8 Å². The van der Waals surface area contributed by atoms with Crippen LogP contribution in [0, 0.1) is 17.8 Å². The summed E-state index contributed by atoms with van der Waals surface area (Å²) in [5, 5.41) is 5.32. The van der Waals surface area contributed by atoms with Crippen molar-refractivity contribution in [2.75, 3.05) is 19.6 Å². The van der Waals surface area contributed by atoms with E-state index in [0.717, 1.165) is 38.5 Å². The van der Waals surface area contributed by atoms with Crippen LogP contribution in [-0.4, -0.2) is 30.4 Å². The van der Waals surface area contributed by atoms with Crippen molar-refractivity contribution >= 4 is 17.2 Å². The molecule has 1 atom stereocenters. The van der Waals surface area contributed by atoms with Crippen molar-refractivity contribution in [3.05, 3.63) is 22.4 Å². The molecule has 1 aliphatic carbocycles. The highest BCUT2D eigenvalue weighted by molar-refractivity contribution is 7.09. The Bertz CT molecular complexity index is 461. The number of hydrogen-bond acceptors (Lipinski definition) is 3. The summed E-state index contributed by atoms with van der Waals surface area (Å²) in [6.07, 6.45) is 5.81. The van der Waals surface area contributed by atoms with Crippen LogP contribution in [0.25, 0.3) is 0 Å². The molecule has 1 saturated heterocycles. The average Bonchev–Trinajstić information content (AvgIpc) is 3.25. The van der Waals surface area contributed by atoms with E-state index in [4.69, 9.17) is 0 Å². The van der Waals surface area contributed by atoms with Crippen LogP contribution in [0.3, 0.4) is 0 Å². The summed E-state index contributed by atoms with van der Waals surface area (Å²) in [5.41, 5.74) is 0. The van der Waals surface area contributed by atoms with Gasteiger partial charge in [0.05, 0.1) is 0 Å². The Morgan fingerprint density at radius 2 is 2.14 bits per heavy atom. The minimum absolute atomic E-state index is 0.264. The van der Waals surface area contributed by atoms with Gasteiger partial charge in [0, 0.05) is 24.4 Å². The molecule has 0 radical (unpaired) electrons. The third kappa shape index (κ3) is 4.82. The van der Waals surface area contributed by atoms with Crippen molar-refractivity contribution in [2.24, 2.45) is 17.8 Å². The lowest BCUT2D eigenvalue weighted by Crippen LogP contribution is -2.38. The Morgan fingerprint density at radius 3 is 2.77 bits per heavy atom. The number of nitrogens with zero attached hydrogens (tertiary/aromatic N) is 1. The molecule has 2 fully saturated rings. The van der Waals surface area contributed by atoms with Crippen LogP contribution in [0.4, 0.5) is 0 Å². The van der Waals surface area contributed by atoms with Gasteiger partial charge in [0.15, 0.2) is 0 Å². The van der Waals surface area contributed by atoms with Gasteiger partial charge in [0.1, 0.15) is 0 Å². The molecule has 22 heavy (non-hydrogen) atoms. The van der Waals surface area contributed by atoms with E-state index in [1.165, 1.54) is 30.6 Å². The van der Waals surface area contributed by atoms with Gasteiger partial charge in [-0.15, -0.1) is 11.3 Å². The minimum atomic E-state index is 0.264. The minimum Gasteiger partial charge on any atom is -0.356 e. The molecule has 3 rings (SSSR count). The third-order valence-electron chi connectivity index (χ3n) is 5.19. The third-order valence-corrected chi connectivity index (χ3v) is 6.05. The van der Waals surface area contributed by atoms with E-state index in [1.54, 1.807) is 0 Å². The van der Waals surface area contributed by atoms with Gasteiger partial charge in [0.25, 0.3) is 0 Å². The largest absolute Gasteiger partial charge is 0.356 e. The second-order valence-corrected chi connectivity index (χ2v) is 8.15. The van der Waals surface area contributed by atoms with Gasteiger partial charge in [-0.25, -0.2) is 0 Å². The summed E-state index contributed by atoms with van der Waals surface area (Å²) in [6.45, 7) is 6.52. The molecule has 3 nitrogen and oxygen atoms in total. The van der Waals surface area contributed by atoms with Crippen LogP contribution in [0.5, 0.6) is 0 Å². The van der Waals surface area contributed by atoms with Crippen LogP contribution < -0.4 is 5.32 Å². The van der Waals surface area contributed by atoms with Gasteiger partial charge in [-0.3, -0.25) is 9.69 Å². The average molecular weight is 321 g/mol. The number of hydrogen-bond donors (Lipinski definition) is 1. The fourth-order valence-electron chi connectivity index (χ4n) is 3.43. The molecule has 1 unspecified atom stereocenters. The first-order valence-corrected chi connectivity index (χ1v) is 9.60. The Hall–Kier alpha value is -0.870. The summed E-state index contributed by atoms with van der Waals surface area (Å²) in [6, 6.07) is 4.35. The smallest absolute Gasteiger partial charge is 0.220 e. The quantitative estimate of drug-likeness (QED) is 0.834. The van der Waals surface area contributed by atoms with Gasteiger partial charge in [-0.05, 0) is 68.0 Å². The normalized spacial score (nSPS) is 21.7. The molecule has 1 amide bonds. The van der Waals surface area contributed by atoms with Crippen LogP contribution >= 0.6 is 11.3 Å². The van der Waals surface area contributed by atoms with E-state index in [-0.39, 0.29) is 5.91 Å². The molecule has 0 aromatic carbocycles. The summed E-state index contributed by atoms with van der Waals surface area (Å²) in [4.78, 5) is 16.0. The molecule has 0 bridgehead atoms. The van der Waals surface area contributed by atoms with E-state index in [2.05, 4.69) is 34.7 Å². The number of carbonyl (C=O) groups is 1. The first kappa shape index (κ1) is 16.0. The lowest BCUT2D eigenvalue weighted by molar-refractivity contribution is -0.122. The Kier molecular flexibility index (Phi) is 5.53. The molecular formula is C18H28N2OS. The van der Waals surface area contributed by atoms with Gasteiger partial charge >= 0.3 is 0 Å². The zero-order chi connectivity index (χ0) is 15.4. The van der Waals surface area contributed by atoms with Gasteiger partial charge in [-0.1, -0.05) is 13.0 Å². The highest BCUT2D eigenvalue weighted by Crippen LogP contribution is 2.38. The molecule has 122 valence electrons. The maximum absolute atomic E-state index is 12.0. The van der Waals surface area contributed by atoms with Gasteiger partial charge < -0.3 is 5.32 Å². The number of amides is 1. The number of carbonyl (C=O) groups excluding carboxylic acids is 1. The summed E-state index contributed by atoms with van der Waals surface area (Å²) < 4.78 is 0. The Balaban J connectivity index is 1.30. The predicted molar refractivity (Wildman–Crippen MR) is 91.8 cm³/mol. The standard InChI is InChI=1S/C18H28N2OS/c1-14(16-4-5-16)11-18(21)19-12-15-6-8-20(9-7-15)13-17-3-2-10-22-17/h2-3,10,14-16H,4-9,11-13H2,1H3,(H,19,21). The maximum atomic E-state index is 12.0. The monoisotopic (exact) mass is 320 g/mol. The molecule has 1 aromatic heterocycles. The number of piperidine rings is 1. The highest BCUT2D eigenvalue weighted by Gasteiger charge is 2.29. The maximum Gasteiger partial charge on any atom is 0.220 e. The fourth-order valence-corrected chi connectivity index (χ4v) is 4.17. The Labute approximate surface area is 138 Å². The van der Waals surface area contributed by atoms with E-state index < -0.39 is 0 Å². The zero-order valence-corrected chi connectivity index (χ0v) is 14.4. The first-order chi connectivity index (χ1) is 10.7. The molecule has 2 heterocycles.